The van der Waals surface area contributed by atoms with Crippen LogP contribution in [0.1, 0.15) is 27.7 Å². The van der Waals surface area contributed by atoms with E-state index in [4.69, 9.17) is 19.6 Å². The van der Waals surface area contributed by atoms with Crippen LogP contribution in [0.3, 0.4) is 0 Å². The van der Waals surface area contributed by atoms with E-state index in [2.05, 4.69) is 84.9 Å². The number of hydrogen-bond acceptors (Lipinski definition) is 5. The molecule has 6 heteroatoms. The Kier molecular flexibility index (Phi) is 8.44. The highest BCUT2D eigenvalue weighted by Gasteiger charge is 2.36. The predicted molar refractivity (Wildman–Crippen MR) is 184 cm³/mol. The fourth-order valence-electron chi connectivity index (χ4n) is 4.81. The normalized spacial score (nSPS) is 11.8. The van der Waals surface area contributed by atoms with Crippen molar-refractivity contribution in [2.75, 3.05) is 0 Å². The zero-order valence-corrected chi connectivity index (χ0v) is 26.0. The molecule has 0 fully saturated rings. The number of aliphatic hydroxyl groups is 1. The molecule has 1 radical (unpaired) electrons. The first-order chi connectivity index (χ1) is 21.7. The Balaban J connectivity index is 1.33. The molecule has 0 aliphatic rings. The van der Waals surface area contributed by atoms with Crippen LogP contribution in [-0.4, -0.2) is 38.7 Å². The van der Waals surface area contributed by atoms with E-state index in [1.807, 2.05) is 62.4 Å². The number of nitrogens with zero attached hydrogens (tertiary/aromatic N) is 3. The maximum atomic E-state index is 10.6. The Labute approximate surface area is 265 Å². The van der Waals surface area contributed by atoms with Crippen molar-refractivity contribution >= 4 is 13.2 Å². The topological polar surface area (TPSA) is 68.1 Å². The molecule has 1 aromatic heterocycles. The van der Waals surface area contributed by atoms with Crippen LogP contribution in [0.2, 0.25) is 0 Å². The first-order valence-corrected chi connectivity index (χ1v) is 15.1. The molecule has 0 amide bonds. The predicted octanol–water partition coefficient (Wildman–Crippen LogP) is 8.02. The summed E-state index contributed by atoms with van der Waals surface area (Å²) < 4.78 is 6.05. The third-order valence-corrected chi connectivity index (χ3v) is 8.28. The average molecular weight is 589 g/mol. The molecule has 0 saturated heterocycles. The molecule has 6 rings (SSSR count). The molecule has 0 aliphatic carbocycles. The number of rotatable bonds is 9. The molecule has 221 valence electrons. The summed E-state index contributed by atoms with van der Waals surface area (Å²) in [7, 11) is 1.51. The van der Waals surface area contributed by atoms with E-state index in [9.17, 15) is 5.11 Å². The van der Waals surface area contributed by atoms with Gasteiger partial charge in [-0.3, -0.25) is 0 Å². The van der Waals surface area contributed by atoms with Crippen molar-refractivity contribution in [2.24, 2.45) is 0 Å². The van der Waals surface area contributed by atoms with Gasteiger partial charge in [0.1, 0.15) is 5.72 Å². The van der Waals surface area contributed by atoms with Crippen molar-refractivity contribution in [3.05, 3.63) is 133 Å². The highest BCUT2D eigenvalue weighted by atomic mass is 16.5. The van der Waals surface area contributed by atoms with Gasteiger partial charge >= 0.3 is 7.48 Å². The van der Waals surface area contributed by atoms with Gasteiger partial charge in [0.15, 0.2) is 11.6 Å². The quantitative estimate of drug-likeness (QED) is 0.173. The van der Waals surface area contributed by atoms with Gasteiger partial charge in [-0.2, -0.15) is 0 Å². The second kappa shape index (κ2) is 12.6. The Hall–Kier alpha value is -4.91. The first kappa shape index (κ1) is 30.1. The van der Waals surface area contributed by atoms with Crippen LogP contribution < -0.4 is 5.72 Å². The Morgan fingerprint density at radius 1 is 0.467 bits per heavy atom. The lowest BCUT2D eigenvalue weighted by molar-refractivity contribution is -0.0894. The third kappa shape index (κ3) is 6.93. The van der Waals surface area contributed by atoms with Crippen molar-refractivity contribution in [2.45, 2.75) is 38.9 Å². The van der Waals surface area contributed by atoms with Gasteiger partial charge in [0, 0.05) is 11.1 Å². The van der Waals surface area contributed by atoms with Gasteiger partial charge in [0.05, 0.1) is 11.2 Å². The maximum Gasteiger partial charge on any atom is 0.379 e. The van der Waals surface area contributed by atoms with Gasteiger partial charge in [-0.1, -0.05) is 127 Å². The van der Waals surface area contributed by atoms with Crippen molar-refractivity contribution in [3.8, 4) is 56.2 Å². The molecule has 45 heavy (non-hydrogen) atoms. The Morgan fingerprint density at radius 3 is 1.38 bits per heavy atom. The summed E-state index contributed by atoms with van der Waals surface area (Å²) in [6, 6.07) is 45.6. The zero-order valence-electron chi connectivity index (χ0n) is 26.0. The highest BCUT2D eigenvalue weighted by molar-refractivity contribution is 6.44. The number of benzene rings is 5. The fraction of sp³-hybridized carbons (Fsp3) is 0.154. The number of hydrogen-bond donors (Lipinski definition) is 1. The second-order valence-electron chi connectivity index (χ2n) is 12.1. The van der Waals surface area contributed by atoms with E-state index in [0.717, 1.165) is 33.4 Å². The molecule has 5 nitrogen and oxygen atoms in total. The van der Waals surface area contributed by atoms with Gasteiger partial charge < -0.3 is 9.76 Å². The van der Waals surface area contributed by atoms with Gasteiger partial charge in [0.25, 0.3) is 0 Å². The van der Waals surface area contributed by atoms with Crippen molar-refractivity contribution in [1.82, 2.24) is 15.0 Å². The largest absolute Gasteiger partial charge is 0.424 e. The smallest absolute Gasteiger partial charge is 0.379 e. The molecule has 5 aromatic carbocycles. The third-order valence-electron chi connectivity index (χ3n) is 8.28. The standard InChI is InChI=1S/C39H35BN3O2/c1-38(2,44)39(3,4)45-40-37-42-35(41-36(43-37)34-17-11-16-33(26-34)28-14-9-6-10-15-28)32-24-22-31(23-25-32)30-20-18-29(19-21-30)27-12-7-5-8-13-27/h5-26,44H,1-4H3. The van der Waals surface area contributed by atoms with E-state index >= 15 is 0 Å². The lowest BCUT2D eigenvalue weighted by Gasteiger charge is -2.37. The molecule has 0 unspecified atom stereocenters. The van der Waals surface area contributed by atoms with E-state index in [1.165, 1.54) is 18.6 Å². The van der Waals surface area contributed by atoms with Crippen molar-refractivity contribution in [3.63, 3.8) is 0 Å². The van der Waals surface area contributed by atoms with E-state index in [-0.39, 0.29) is 0 Å². The average Bonchev–Trinajstić information content (AvgIpc) is 3.08. The summed E-state index contributed by atoms with van der Waals surface area (Å²) in [4.78, 5) is 14.4. The highest BCUT2D eigenvalue weighted by Crippen LogP contribution is 2.29. The van der Waals surface area contributed by atoms with Crippen molar-refractivity contribution in [1.29, 1.82) is 0 Å². The van der Waals surface area contributed by atoms with Crippen LogP contribution in [0.25, 0.3) is 56.2 Å². The van der Waals surface area contributed by atoms with Crippen LogP contribution in [-0.2, 0) is 4.65 Å². The summed E-state index contributed by atoms with van der Waals surface area (Å²) in [5, 5.41) is 10.6. The van der Waals surface area contributed by atoms with Crippen LogP contribution in [0.5, 0.6) is 0 Å². The summed E-state index contributed by atoms with van der Waals surface area (Å²) in [6.45, 7) is 7.11. The van der Waals surface area contributed by atoms with Gasteiger partial charge in [-0.25, -0.2) is 15.0 Å². The van der Waals surface area contributed by atoms with Gasteiger partial charge in [-0.15, -0.1) is 0 Å². The van der Waals surface area contributed by atoms with Crippen LogP contribution >= 0.6 is 0 Å². The van der Waals surface area contributed by atoms with Crippen molar-refractivity contribution < 1.29 is 9.76 Å². The maximum absolute atomic E-state index is 10.6. The molecule has 6 aromatic rings. The summed E-state index contributed by atoms with van der Waals surface area (Å²) in [6.07, 6.45) is 0. The zero-order chi connectivity index (χ0) is 31.4. The van der Waals surface area contributed by atoms with E-state index in [0.29, 0.717) is 17.4 Å². The lowest BCUT2D eigenvalue weighted by atomic mass is 9.86. The monoisotopic (exact) mass is 588 g/mol. The van der Waals surface area contributed by atoms with Gasteiger partial charge in [0.2, 0.25) is 0 Å². The minimum absolute atomic E-state index is 0.373. The van der Waals surface area contributed by atoms with Gasteiger partial charge in [-0.05, 0) is 67.1 Å². The van der Waals surface area contributed by atoms with Crippen LogP contribution in [0.15, 0.2) is 133 Å². The molecular weight excluding hydrogens is 553 g/mol. The summed E-state index contributed by atoms with van der Waals surface area (Å²) in [5.74, 6) is 1.07. The Morgan fingerprint density at radius 2 is 0.867 bits per heavy atom. The second-order valence-corrected chi connectivity index (χ2v) is 12.1. The molecule has 0 spiro atoms. The minimum atomic E-state index is -1.08. The summed E-state index contributed by atoms with van der Waals surface area (Å²) >= 11 is 0. The molecule has 0 aliphatic heterocycles. The Bertz CT molecular complexity index is 1880. The molecular formula is C39H35BN3O2. The van der Waals surface area contributed by atoms with Crippen LogP contribution in [0.4, 0.5) is 0 Å². The molecule has 0 atom stereocenters. The molecule has 0 saturated carbocycles. The number of aromatic nitrogens is 3. The minimum Gasteiger partial charge on any atom is -0.424 e. The SMILES string of the molecule is CC(C)(O)C(C)(C)O[B]c1nc(-c2ccc(-c3ccc(-c4ccccc4)cc3)cc2)nc(-c2cccc(-c3ccccc3)c2)n1. The molecule has 1 heterocycles. The fourth-order valence-corrected chi connectivity index (χ4v) is 4.81. The van der Waals surface area contributed by atoms with E-state index in [1.54, 1.807) is 13.8 Å². The molecule has 1 N–H and O–H groups in total. The van der Waals surface area contributed by atoms with E-state index < -0.39 is 11.2 Å². The van der Waals surface area contributed by atoms with Crippen LogP contribution in [0, 0.1) is 0 Å². The first-order valence-electron chi connectivity index (χ1n) is 15.1. The summed E-state index contributed by atoms with van der Waals surface area (Å²) in [5.41, 5.74) is 6.95. The lowest BCUT2D eigenvalue weighted by Crippen LogP contribution is -2.49. The molecule has 0 bridgehead atoms.